The molecule has 0 atom stereocenters. The van der Waals surface area contributed by atoms with Crippen molar-refractivity contribution < 1.29 is 0 Å². The Morgan fingerprint density at radius 2 is 1.71 bits per heavy atom. The van der Waals surface area contributed by atoms with Crippen molar-refractivity contribution in [1.29, 1.82) is 0 Å². The Labute approximate surface area is 87.8 Å². The first-order valence-corrected chi connectivity index (χ1v) is 6.03. The highest BCUT2D eigenvalue weighted by molar-refractivity contribution is 5.01. The van der Waals surface area contributed by atoms with Crippen molar-refractivity contribution in [3.05, 3.63) is 0 Å². The topological polar surface area (TPSA) is 29.3 Å². The molecular formula is C12H24N2. The molecule has 0 radical (unpaired) electrons. The van der Waals surface area contributed by atoms with E-state index < -0.39 is 0 Å². The summed E-state index contributed by atoms with van der Waals surface area (Å²) in [5, 5.41) is 0. The standard InChI is InChI=1S/C12H24N2/c1-11(2,8-13)14-9-12(10-14)6-4-3-5-7-12/h3-10,13H2,1-2H3. The lowest BCUT2D eigenvalue weighted by atomic mass is 9.67. The van der Waals surface area contributed by atoms with E-state index in [-0.39, 0.29) is 5.54 Å². The van der Waals surface area contributed by atoms with Crippen LogP contribution in [0, 0.1) is 5.41 Å². The molecule has 2 N–H and O–H groups in total. The fourth-order valence-corrected chi connectivity index (χ4v) is 2.94. The summed E-state index contributed by atoms with van der Waals surface area (Å²) in [6.45, 7) is 7.92. The zero-order valence-electron chi connectivity index (χ0n) is 9.68. The van der Waals surface area contributed by atoms with E-state index in [2.05, 4.69) is 18.7 Å². The maximum atomic E-state index is 5.79. The molecule has 2 heteroatoms. The third-order valence-corrected chi connectivity index (χ3v) is 4.32. The molecule has 0 bridgehead atoms. The molecule has 2 aliphatic rings. The van der Waals surface area contributed by atoms with Gasteiger partial charge in [0.15, 0.2) is 0 Å². The molecule has 1 saturated carbocycles. The second-order valence-electron chi connectivity index (χ2n) is 5.93. The number of rotatable bonds is 2. The first-order valence-electron chi connectivity index (χ1n) is 6.03. The zero-order valence-corrected chi connectivity index (χ0v) is 9.68. The second kappa shape index (κ2) is 3.49. The summed E-state index contributed by atoms with van der Waals surface area (Å²) < 4.78 is 0. The maximum Gasteiger partial charge on any atom is 0.0275 e. The van der Waals surface area contributed by atoms with Gasteiger partial charge in [0.2, 0.25) is 0 Å². The molecule has 1 saturated heterocycles. The summed E-state index contributed by atoms with van der Waals surface area (Å²) in [5.74, 6) is 0. The molecule has 0 aromatic rings. The van der Waals surface area contributed by atoms with Crippen LogP contribution in [-0.4, -0.2) is 30.1 Å². The highest BCUT2D eigenvalue weighted by Crippen LogP contribution is 2.45. The van der Waals surface area contributed by atoms with Gasteiger partial charge in [-0.2, -0.15) is 0 Å². The van der Waals surface area contributed by atoms with E-state index in [9.17, 15) is 0 Å². The number of hydrogen-bond donors (Lipinski definition) is 1. The van der Waals surface area contributed by atoms with Gasteiger partial charge in [0.25, 0.3) is 0 Å². The van der Waals surface area contributed by atoms with Gasteiger partial charge >= 0.3 is 0 Å². The van der Waals surface area contributed by atoms with Gasteiger partial charge < -0.3 is 5.73 Å². The van der Waals surface area contributed by atoms with E-state index in [0.717, 1.165) is 6.54 Å². The van der Waals surface area contributed by atoms with E-state index >= 15 is 0 Å². The Bertz CT molecular complexity index is 196. The van der Waals surface area contributed by atoms with Crippen LogP contribution in [0.1, 0.15) is 46.0 Å². The minimum absolute atomic E-state index is 0.225. The predicted molar refractivity (Wildman–Crippen MR) is 60.2 cm³/mol. The van der Waals surface area contributed by atoms with Gasteiger partial charge in [0.1, 0.15) is 0 Å². The first kappa shape index (κ1) is 10.4. The SMILES string of the molecule is CC(C)(CN)N1CC2(CCCCC2)C1. The summed E-state index contributed by atoms with van der Waals surface area (Å²) in [5.41, 5.74) is 6.72. The van der Waals surface area contributed by atoms with E-state index in [0.29, 0.717) is 5.41 Å². The van der Waals surface area contributed by atoms with Crippen LogP contribution in [0.15, 0.2) is 0 Å². The lowest BCUT2D eigenvalue weighted by Crippen LogP contribution is -2.65. The molecule has 82 valence electrons. The minimum atomic E-state index is 0.225. The summed E-state index contributed by atoms with van der Waals surface area (Å²) in [7, 11) is 0. The van der Waals surface area contributed by atoms with Crippen molar-refractivity contribution in [2.45, 2.75) is 51.5 Å². The average molecular weight is 196 g/mol. The predicted octanol–water partition coefficient (Wildman–Crippen LogP) is 1.99. The molecular weight excluding hydrogens is 172 g/mol. The van der Waals surface area contributed by atoms with Crippen molar-refractivity contribution in [2.75, 3.05) is 19.6 Å². The molecule has 0 amide bonds. The number of nitrogens with two attached hydrogens (primary N) is 1. The monoisotopic (exact) mass is 196 g/mol. The van der Waals surface area contributed by atoms with Gasteiger partial charge in [0, 0.05) is 25.2 Å². The van der Waals surface area contributed by atoms with Gasteiger partial charge in [-0.3, -0.25) is 4.90 Å². The average Bonchev–Trinajstić information content (AvgIpc) is 2.15. The van der Waals surface area contributed by atoms with E-state index in [4.69, 9.17) is 5.73 Å². The summed E-state index contributed by atoms with van der Waals surface area (Å²) in [6.07, 6.45) is 7.30. The minimum Gasteiger partial charge on any atom is -0.329 e. The molecule has 0 unspecified atom stereocenters. The molecule has 1 heterocycles. The van der Waals surface area contributed by atoms with Gasteiger partial charge in [-0.15, -0.1) is 0 Å². The maximum absolute atomic E-state index is 5.79. The fraction of sp³-hybridized carbons (Fsp3) is 1.00. The Morgan fingerprint density at radius 3 is 2.21 bits per heavy atom. The molecule has 14 heavy (non-hydrogen) atoms. The molecule has 0 aromatic heterocycles. The number of nitrogens with zero attached hydrogens (tertiary/aromatic N) is 1. The van der Waals surface area contributed by atoms with Crippen molar-refractivity contribution >= 4 is 0 Å². The fourth-order valence-electron chi connectivity index (χ4n) is 2.94. The molecule has 2 fully saturated rings. The van der Waals surface area contributed by atoms with Gasteiger partial charge in [0.05, 0.1) is 0 Å². The lowest BCUT2D eigenvalue weighted by Gasteiger charge is -2.58. The van der Waals surface area contributed by atoms with E-state index in [1.807, 2.05) is 0 Å². The lowest BCUT2D eigenvalue weighted by molar-refractivity contribution is -0.0813. The summed E-state index contributed by atoms with van der Waals surface area (Å²) >= 11 is 0. The van der Waals surface area contributed by atoms with Crippen LogP contribution in [0.25, 0.3) is 0 Å². The molecule has 1 spiro atoms. The van der Waals surface area contributed by atoms with Crippen LogP contribution >= 0.6 is 0 Å². The Kier molecular flexibility index (Phi) is 2.61. The van der Waals surface area contributed by atoms with Crippen LogP contribution in [0.4, 0.5) is 0 Å². The largest absolute Gasteiger partial charge is 0.329 e. The van der Waals surface area contributed by atoms with Crippen molar-refractivity contribution in [3.8, 4) is 0 Å². The van der Waals surface area contributed by atoms with Crippen LogP contribution in [0.3, 0.4) is 0 Å². The molecule has 0 aromatic carbocycles. The smallest absolute Gasteiger partial charge is 0.0275 e. The zero-order chi connectivity index (χ0) is 10.2. The van der Waals surface area contributed by atoms with Gasteiger partial charge in [-0.05, 0) is 32.1 Å². The molecule has 2 rings (SSSR count). The van der Waals surface area contributed by atoms with Gasteiger partial charge in [-0.1, -0.05) is 19.3 Å². The van der Waals surface area contributed by atoms with E-state index in [1.54, 1.807) is 0 Å². The molecule has 1 aliphatic carbocycles. The van der Waals surface area contributed by atoms with Crippen LogP contribution < -0.4 is 5.73 Å². The summed E-state index contributed by atoms with van der Waals surface area (Å²) in [6, 6.07) is 0. The molecule has 2 nitrogen and oxygen atoms in total. The normalized spacial score (nSPS) is 27.6. The quantitative estimate of drug-likeness (QED) is 0.732. The van der Waals surface area contributed by atoms with Crippen LogP contribution in [0.2, 0.25) is 0 Å². The number of likely N-dealkylation sites (tertiary alicyclic amines) is 1. The van der Waals surface area contributed by atoms with Crippen LogP contribution in [-0.2, 0) is 0 Å². The highest BCUT2D eigenvalue weighted by atomic mass is 15.3. The Hall–Kier alpha value is -0.0800. The number of hydrogen-bond acceptors (Lipinski definition) is 2. The van der Waals surface area contributed by atoms with Crippen LogP contribution in [0.5, 0.6) is 0 Å². The van der Waals surface area contributed by atoms with E-state index in [1.165, 1.54) is 45.2 Å². The second-order valence-corrected chi connectivity index (χ2v) is 5.93. The van der Waals surface area contributed by atoms with Crippen molar-refractivity contribution in [2.24, 2.45) is 11.1 Å². The highest BCUT2D eigenvalue weighted by Gasteiger charge is 2.47. The van der Waals surface area contributed by atoms with Crippen molar-refractivity contribution in [1.82, 2.24) is 4.90 Å². The third kappa shape index (κ3) is 1.70. The summed E-state index contributed by atoms with van der Waals surface area (Å²) in [4.78, 5) is 2.57. The first-order chi connectivity index (χ1) is 6.58. The third-order valence-electron chi connectivity index (χ3n) is 4.32. The molecule has 1 aliphatic heterocycles. The van der Waals surface area contributed by atoms with Gasteiger partial charge in [-0.25, -0.2) is 0 Å². The van der Waals surface area contributed by atoms with Crippen molar-refractivity contribution in [3.63, 3.8) is 0 Å². The Balaban J connectivity index is 1.88. The Morgan fingerprint density at radius 1 is 1.14 bits per heavy atom.